The van der Waals surface area contributed by atoms with Gasteiger partial charge in [0, 0.05) is 36.9 Å². The number of fused-ring (bicyclic) bond motifs is 3. The van der Waals surface area contributed by atoms with Gasteiger partial charge >= 0.3 is 6.01 Å². The number of nitrogen functional groups attached to an aromatic ring is 1. The van der Waals surface area contributed by atoms with Gasteiger partial charge in [0.05, 0.1) is 49.9 Å². The third kappa shape index (κ3) is 5.09. The van der Waals surface area contributed by atoms with E-state index in [1.54, 1.807) is 11.0 Å². The summed E-state index contributed by atoms with van der Waals surface area (Å²) in [6, 6.07) is 6.08. The smallest absolute Gasteiger partial charge is 0.320 e. The second kappa shape index (κ2) is 12.2. The number of nitrogens with two attached hydrogens (primary N) is 1. The van der Waals surface area contributed by atoms with Gasteiger partial charge in [0.2, 0.25) is 17.5 Å². The highest BCUT2D eigenvalue weighted by molar-refractivity contribution is 7.23. The highest BCUT2D eigenvalue weighted by Crippen LogP contribution is 2.50. The molecule has 246 valence electrons. The number of anilines is 1. The van der Waals surface area contributed by atoms with E-state index in [9.17, 15) is 18.8 Å². The van der Waals surface area contributed by atoms with Gasteiger partial charge < -0.3 is 20.1 Å². The van der Waals surface area contributed by atoms with Crippen molar-refractivity contribution in [3.8, 4) is 29.1 Å². The molecule has 5 heterocycles. The minimum atomic E-state index is -0.948. The monoisotopic (exact) mass is 689 g/mol. The Balaban J connectivity index is 1.38. The zero-order chi connectivity index (χ0) is 33.9. The summed E-state index contributed by atoms with van der Waals surface area (Å²) in [4.78, 5) is 29.1. The fourth-order valence-corrected chi connectivity index (χ4v) is 8.75. The van der Waals surface area contributed by atoms with Crippen LogP contribution in [0.2, 0.25) is 5.02 Å². The van der Waals surface area contributed by atoms with Gasteiger partial charge in [-0.05, 0) is 50.1 Å². The van der Waals surface area contributed by atoms with Gasteiger partial charge in [-0.1, -0.05) is 24.2 Å². The minimum absolute atomic E-state index is 0.0445. The number of nitrogens with zero attached hydrogens (tertiary/aromatic N) is 6. The number of hydrogen-bond acceptors (Lipinski definition) is 9. The highest BCUT2D eigenvalue weighted by atomic mass is 35.5. The molecule has 4 aromatic rings. The quantitative estimate of drug-likeness (QED) is 0.166. The van der Waals surface area contributed by atoms with Crippen molar-refractivity contribution in [3.63, 3.8) is 0 Å². The molecule has 3 aliphatic rings. The van der Waals surface area contributed by atoms with E-state index in [1.165, 1.54) is 18.2 Å². The summed E-state index contributed by atoms with van der Waals surface area (Å²) in [5.74, 6) is -0.667. The van der Waals surface area contributed by atoms with Crippen LogP contribution in [-0.4, -0.2) is 75.8 Å². The fraction of sp³-hybridized carbons (Fsp3) is 0.382. The van der Waals surface area contributed by atoms with Crippen molar-refractivity contribution >= 4 is 60.5 Å². The van der Waals surface area contributed by atoms with Crippen molar-refractivity contribution in [1.29, 1.82) is 5.26 Å². The van der Waals surface area contributed by atoms with E-state index < -0.39 is 23.6 Å². The molecule has 4 unspecified atom stereocenters. The molecule has 3 aliphatic heterocycles. The summed E-state index contributed by atoms with van der Waals surface area (Å²) < 4.78 is 42.3. The molecule has 0 aliphatic carbocycles. The van der Waals surface area contributed by atoms with Crippen LogP contribution in [0.25, 0.3) is 37.0 Å². The summed E-state index contributed by atoms with van der Waals surface area (Å²) in [6.07, 6.45) is 2.43. The van der Waals surface area contributed by atoms with Crippen molar-refractivity contribution < 1.29 is 23.0 Å². The van der Waals surface area contributed by atoms with Crippen LogP contribution < -0.4 is 15.2 Å². The number of aromatic nitrogens is 2. The van der Waals surface area contributed by atoms with Crippen LogP contribution in [0.5, 0.6) is 11.9 Å². The lowest BCUT2D eigenvalue weighted by molar-refractivity contribution is -0.127. The molecule has 1 amide bonds. The Hall–Kier alpha value is -4.56. The fourth-order valence-electron chi connectivity index (χ4n) is 7.47. The first-order valence-corrected chi connectivity index (χ1v) is 16.7. The maximum atomic E-state index is 15.0. The van der Waals surface area contributed by atoms with Crippen LogP contribution in [0.1, 0.15) is 38.2 Å². The topological polar surface area (TPSA) is 122 Å². The van der Waals surface area contributed by atoms with E-state index in [-0.39, 0.29) is 72.9 Å². The number of hydrogen-bond donors (Lipinski definition) is 1. The Morgan fingerprint density at radius 1 is 1.40 bits per heavy atom. The molecule has 2 N–H and O–H groups in total. The highest BCUT2D eigenvalue weighted by Gasteiger charge is 2.49. The second-order valence-corrected chi connectivity index (χ2v) is 13.9. The first kappa shape index (κ1) is 32.0. The summed E-state index contributed by atoms with van der Waals surface area (Å²) in [5, 5.41) is 11.1. The van der Waals surface area contributed by atoms with Crippen molar-refractivity contribution in [1.82, 2.24) is 19.8 Å². The van der Waals surface area contributed by atoms with Crippen LogP contribution >= 0.6 is 22.9 Å². The van der Waals surface area contributed by atoms with E-state index in [1.807, 2.05) is 6.92 Å². The molecule has 3 fully saturated rings. The summed E-state index contributed by atoms with van der Waals surface area (Å²) in [7, 11) is 0. The predicted molar refractivity (Wildman–Crippen MR) is 180 cm³/mol. The number of rotatable bonds is 7. The molecule has 4 atom stereocenters. The van der Waals surface area contributed by atoms with E-state index in [0.29, 0.717) is 36.9 Å². The van der Waals surface area contributed by atoms with E-state index in [4.69, 9.17) is 33.4 Å². The molecule has 14 heteroatoms. The van der Waals surface area contributed by atoms with Gasteiger partial charge in [0.15, 0.2) is 0 Å². The standard InChI is InChI=1S/C34H30ClF2N7O3S/c1-4-24(45)44-11-8-23(17(44)2)47-32-21-12-18(14-38)25(20-6-7-22(37)30-26(20)29(40-3)31(39)48-30)27(35)28(21)41-33(42-32)46-16-34-9-5-10-43(34)15-19(36)13-34/h4,6-7,12,17,19,23H,1,5,8-11,13,15-16,39H2,2H3. The first-order chi connectivity index (χ1) is 23.1. The van der Waals surface area contributed by atoms with E-state index in [0.717, 1.165) is 30.7 Å². The molecule has 0 bridgehead atoms. The molecule has 3 saturated heterocycles. The van der Waals surface area contributed by atoms with Gasteiger partial charge in [0.1, 0.15) is 30.2 Å². The zero-order valence-corrected chi connectivity index (χ0v) is 27.5. The third-order valence-electron chi connectivity index (χ3n) is 9.80. The molecular formula is C34H30ClF2N7O3S. The third-order valence-corrected chi connectivity index (χ3v) is 11.2. The summed E-state index contributed by atoms with van der Waals surface area (Å²) in [6.45, 7) is 14.9. The number of benzene rings is 2. The number of carbonyl (C=O) groups excluding carboxylic acids is 1. The summed E-state index contributed by atoms with van der Waals surface area (Å²) in [5.41, 5.74) is 6.61. The van der Waals surface area contributed by atoms with Crippen molar-refractivity contribution in [2.75, 3.05) is 32.0 Å². The lowest BCUT2D eigenvalue weighted by Gasteiger charge is -2.31. The number of alkyl halides is 1. The van der Waals surface area contributed by atoms with Crippen LogP contribution in [-0.2, 0) is 4.79 Å². The van der Waals surface area contributed by atoms with Gasteiger partial charge in [-0.15, -0.1) is 11.3 Å². The number of ether oxygens (including phenoxy) is 2. The Morgan fingerprint density at radius 2 is 2.21 bits per heavy atom. The molecular weight excluding hydrogens is 660 g/mol. The second-order valence-electron chi connectivity index (χ2n) is 12.4. The van der Waals surface area contributed by atoms with E-state index >= 15 is 0 Å². The van der Waals surface area contributed by atoms with Gasteiger partial charge in [-0.2, -0.15) is 15.2 Å². The van der Waals surface area contributed by atoms with Crippen LogP contribution in [0.3, 0.4) is 0 Å². The van der Waals surface area contributed by atoms with Gasteiger partial charge in [-0.3, -0.25) is 9.69 Å². The average Bonchev–Trinajstić information content (AvgIpc) is 3.81. The van der Waals surface area contributed by atoms with Gasteiger partial charge in [-0.25, -0.2) is 13.6 Å². The maximum Gasteiger partial charge on any atom is 0.320 e. The van der Waals surface area contributed by atoms with Crippen LogP contribution in [0.15, 0.2) is 30.9 Å². The summed E-state index contributed by atoms with van der Waals surface area (Å²) >= 11 is 8.08. The number of likely N-dealkylation sites (tertiary alicyclic amines) is 1. The molecule has 48 heavy (non-hydrogen) atoms. The van der Waals surface area contributed by atoms with Crippen molar-refractivity contribution in [2.24, 2.45) is 0 Å². The van der Waals surface area contributed by atoms with Crippen molar-refractivity contribution in [2.45, 2.75) is 56.5 Å². The van der Waals surface area contributed by atoms with Crippen LogP contribution in [0, 0.1) is 23.7 Å². The molecule has 10 nitrogen and oxygen atoms in total. The molecule has 2 aromatic carbocycles. The molecule has 0 radical (unpaired) electrons. The number of halogens is 3. The predicted octanol–water partition coefficient (Wildman–Crippen LogP) is 6.82. The minimum Gasteiger partial charge on any atom is -0.471 e. The molecule has 7 rings (SSSR count). The molecule has 0 saturated carbocycles. The van der Waals surface area contributed by atoms with E-state index in [2.05, 4.69) is 32.4 Å². The number of carbonyl (C=O) groups is 1. The molecule has 2 aromatic heterocycles. The maximum absolute atomic E-state index is 15.0. The average molecular weight is 690 g/mol. The lowest BCUT2D eigenvalue weighted by Crippen LogP contribution is -2.43. The Morgan fingerprint density at radius 3 is 2.96 bits per heavy atom. The lowest BCUT2D eigenvalue weighted by atomic mass is 9.94. The number of amides is 1. The van der Waals surface area contributed by atoms with Crippen LogP contribution in [0.4, 0.5) is 19.5 Å². The largest absolute Gasteiger partial charge is 0.471 e. The Kier molecular flexibility index (Phi) is 8.10. The normalized spacial score (nSPS) is 23.7. The Labute approximate surface area is 284 Å². The van der Waals surface area contributed by atoms with Gasteiger partial charge in [0.25, 0.3) is 0 Å². The molecule has 0 spiro atoms. The zero-order valence-electron chi connectivity index (χ0n) is 25.9. The Bertz CT molecular complexity index is 2100. The number of thiophene rings is 1. The van der Waals surface area contributed by atoms with Crippen molar-refractivity contribution in [3.05, 3.63) is 58.7 Å². The first-order valence-electron chi connectivity index (χ1n) is 15.5. The SMILES string of the molecule is [C-]#[N+]c1c(N)sc2c(F)ccc(-c3c(C#N)cc4c(OC5CCN(C(=O)C=C)C5C)nc(OCC56CCCN5CC(F)C6)nc4c3Cl)c12. The number of nitriles is 1.